The Morgan fingerprint density at radius 1 is 0.773 bits per heavy atom. The molecule has 344 valence electrons. The van der Waals surface area contributed by atoms with Gasteiger partial charge in [0.25, 0.3) is 0 Å². The van der Waals surface area contributed by atoms with E-state index in [9.17, 15) is 33.9 Å². The summed E-state index contributed by atoms with van der Waals surface area (Å²) >= 11 is 0. The number of hydrogen-bond acceptors (Lipinski definition) is 12. The Morgan fingerprint density at radius 2 is 1.41 bits per heavy atom. The Labute approximate surface area is 383 Å². The monoisotopic (exact) mass is 899 g/mol. The van der Waals surface area contributed by atoms with Crippen molar-refractivity contribution < 1.29 is 57.6 Å². The number of methoxy groups -OCH3 is 1. The minimum Gasteiger partial charge on any atom is -0.507 e. The molecular weight excluding hydrogens is 847 g/mol. The van der Waals surface area contributed by atoms with Crippen molar-refractivity contribution in [3.8, 4) is 11.5 Å². The molecule has 3 amide bonds. The third-order valence-corrected chi connectivity index (χ3v) is 9.67. The van der Waals surface area contributed by atoms with Crippen LogP contribution in [0.5, 0.6) is 11.5 Å². The molecule has 1 atom stereocenters. The molecule has 0 heterocycles. The average Bonchev–Trinajstić information content (AvgIpc) is 3.31. The molecule has 0 unspecified atom stereocenters. The van der Waals surface area contributed by atoms with E-state index in [1.807, 2.05) is 60.7 Å². The van der Waals surface area contributed by atoms with Crippen molar-refractivity contribution in [3.63, 3.8) is 0 Å². The number of aromatic hydroxyl groups is 1. The molecule has 5 aromatic carbocycles. The first-order valence-electron chi connectivity index (χ1n) is 21.1. The van der Waals surface area contributed by atoms with Crippen LogP contribution in [0.15, 0.2) is 140 Å². The molecule has 66 heavy (non-hydrogen) atoms. The van der Waals surface area contributed by atoms with Crippen molar-refractivity contribution in [1.29, 1.82) is 0 Å². The van der Waals surface area contributed by atoms with Crippen LogP contribution in [0.2, 0.25) is 0 Å². The summed E-state index contributed by atoms with van der Waals surface area (Å²) in [6, 6.07) is 34.3. The highest BCUT2D eigenvalue weighted by molar-refractivity contribution is 6.40. The van der Waals surface area contributed by atoms with Gasteiger partial charge in [0.15, 0.2) is 6.10 Å². The molecule has 3 N–H and O–H groups in total. The zero-order chi connectivity index (χ0) is 47.6. The standard InChI is InChI=1S/C51H53N3O12/c1-6-31-64-50(61)53-39(45(56)52-30-15-16-32-63-42-25-17-24-41(55)43(42)48(59)62-5)33-34-26-28-37(29-27-34)54(46(57)49(60)66-51(2,3)4)40-23-14-13-22-38(40)47(58)65-44(35-18-9-7-10-19-35)36-20-11-8-12-21-36/h6-14,17-29,39,44,55H,1,15-16,30-33H2,2-5H3,(H,52,56)(H,53,61)/t39-/m0/s1. The molecule has 5 aromatic rings. The number of rotatable bonds is 19. The van der Waals surface area contributed by atoms with Crippen LogP contribution in [-0.4, -0.2) is 79.4 Å². The van der Waals surface area contributed by atoms with Crippen molar-refractivity contribution in [2.75, 3.05) is 31.8 Å². The molecule has 0 aliphatic rings. The molecule has 15 nitrogen and oxygen atoms in total. The van der Waals surface area contributed by atoms with Gasteiger partial charge >= 0.3 is 29.9 Å². The minimum atomic E-state index is -1.17. The lowest BCUT2D eigenvalue weighted by Gasteiger charge is -2.27. The van der Waals surface area contributed by atoms with E-state index in [1.165, 1.54) is 43.5 Å². The largest absolute Gasteiger partial charge is 0.507 e. The number of esters is 3. The number of unbranched alkanes of at least 4 members (excludes halogenated alkanes) is 1. The number of para-hydroxylation sites is 1. The summed E-state index contributed by atoms with van der Waals surface area (Å²) in [6.07, 6.45) is 0.617. The maximum Gasteiger partial charge on any atom is 0.408 e. The van der Waals surface area contributed by atoms with Crippen molar-refractivity contribution in [3.05, 3.63) is 168 Å². The van der Waals surface area contributed by atoms with E-state index in [-0.39, 0.29) is 60.2 Å². The maximum atomic E-state index is 14.2. The molecule has 0 aromatic heterocycles. The first kappa shape index (κ1) is 49.1. The Kier molecular flexibility index (Phi) is 17.6. The van der Waals surface area contributed by atoms with Gasteiger partial charge in [-0.1, -0.05) is 104 Å². The van der Waals surface area contributed by atoms with E-state index in [2.05, 4.69) is 17.2 Å². The number of carbonyl (C=O) groups is 6. The number of benzene rings is 5. The minimum absolute atomic E-state index is 0.00816. The predicted molar refractivity (Wildman–Crippen MR) is 245 cm³/mol. The van der Waals surface area contributed by atoms with E-state index in [0.29, 0.717) is 18.4 Å². The highest BCUT2D eigenvalue weighted by Gasteiger charge is 2.33. The van der Waals surface area contributed by atoms with Crippen LogP contribution >= 0.6 is 0 Å². The topological polar surface area (TPSA) is 196 Å². The van der Waals surface area contributed by atoms with Crippen LogP contribution in [0, 0.1) is 0 Å². The van der Waals surface area contributed by atoms with Crippen molar-refractivity contribution in [2.24, 2.45) is 0 Å². The molecule has 0 radical (unpaired) electrons. The van der Waals surface area contributed by atoms with Crippen LogP contribution in [0.25, 0.3) is 0 Å². The summed E-state index contributed by atoms with van der Waals surface area (Å²) in [4.78, 5) is 81.3. The highest BCUT2D eigenvalue weighted by atomic mass is 16.6. The fraction of sp³-hybridized carbons (Fsp3) is 0.255. The van der Waals surface area contributed by atoms with E-state index >= 15 is 0 Å². The van der Waals surface area contributed by atoms with E-state index < -0.39 is 53.6 Å². The fourth-order valence-electron chi connectivity index (χ4n) is 6.61. The van der Waals surface area contributed by atoms with E-state index in [1.54, 1.807) is 57.2 Å². The Hall–Kier alpha value is -7.94. The lowest BCUT2D eigenvalue weighted by Crippen LogP contribution is -2.48. The van der Waals surface area contributed by atoms with Crippen LogP contribution in [0.1, 0.15) is 77.1 Å². The number of carbonyl (C=O) groups excluding carboxylic acids is 6. The lowest BCUT2D eigenvalue weighted by molar-refractivity contribution is -0.162. The predicted octanol–water partition coefficient (Wildman–Crippen LogP) is 7.93. The number of nitrogens with one attached hydrogen (secondary N) is 2. The summed E-state index contributed by atoms with van der Waals surface area (Å²) in [5, 5.41) is 15.5. The van der Waals surface area contributed by atoms with Gasteiger partial charge in [0.2, 0.25) is 5.91 Å². The summed E-state index contributed by atoms with van der Waals surface area (Å²) < 4.78 is 27.2. The third-order valence-electron chi connectivity index (χ3n) is 9.67. The van der Waals surface area contributed by atoms with Gasteiger partial charge in [0.1, 0.15) is 35.3 Å². The van der Waals surface area contributed by atoms with Gasteiger partial charge in [-0.05, 0) is 86.7 Å². The van der Waals surface area contributed by atoms with Gasteiger partial charge in [-0.25, -0.2) is 19.2 Å². The molecule has 0 aliphatic heterocycles. The average molecular weight is 900 g/mol. The van der Waals surface area contributed by atoms with E-state index in [4.69, 9.17) is 23.7 Å². The molecule has 0 fully saturated rings. The first-order valence-corrected chi connectivity index (χ1v) is 21.1. The Bertz CT molecular complexity index is 2430. The van der Waals surface area contributed by atoms with Gasteiger partial charge in [0, 0.05) is 18.7 Å². The number of phenolic OH excluding ortho intramolecular Hbond substituents is 1. The number of nitrogens with zero attached hydrogens (tertiary/aromatic N) is 1. The smallest absolute Gasteiger partial charge is 0.408 e. The molecular formula is C51H53N3O12. The van der Waals surface area contributed by atoms with Crippen LogP contribution < -0.4 is 20.3 Å². The molecule has 15 heteroatoms. The van der Waals surface area contributed by atoms with Crippen LogP contribution in [0.3, 0.4) is 0 Å². The molecule has 0 aliphatic carbocycles. The first-order chi connectivity index (χ1) is 31.7. The van der Waals surface area contributed by atoms with Crippen LogP contribution in [0.4, 0.5) is 16.2 Å². The molecule has 0 bridgehead atoms. The Balaban J connectivity index is 1.36. The van der Waals surface area contributed by atoms with Gasteiger partial charge in [-0.2, -0.15) is 0 Å². The van der Waals surface area contributed by atoms with Crippen molar-refractivity contribution in [2.45, 2.75) is 57.8 Å². The van der Waals surface area contributed by atoms with Crippen LogP contribution in [-0.2, 0) is 39.8 Å². The fourth-order valence-corrected chi connectivity index (χ4v) is 6.61. The van der Waals surface area contributed by atoms with Crippen molar-refractivity contribution >= 4 is 47.2 Å². The highest BCUT2D eigenvalue weighted by Crippen LogP contribution is 2.34. The summed E-state index contributed by atoms with van der Waals surface area (Å²) in [6.45, 7) is 8.69. The molecule has 0 saturated carbocycles. The second-order valence-corrected chi connectivity index (χ2v) is 15.7. The normalized spacial score (nSPS) is 11.3. The Morgan fingerprint density at radius 3 is 2.03 bits per heavy atom. The van der Waals surface area contributed by atoms with Crippen molar-refractivity contribution in [1.82, 2.24) is 10.6 Å². The second-order valence-electron chi connectivity index (χ2n) is 15.7. The maximum absolute atomic E-state index is 14.2. The SMILES string of the molecule is C=CCOC(=O)N[C@@H](Cc1ccc(N(C(=O)C(=O)OC(C)(C)C)c2ccccc2C(=O)OC(c2ccccc2)c2ccccc2)cc1)C(=O)NCCCCOc1cccc(O)c1C(=O)OC. The summed E-state index contributed by atoms with van der Waals surface area (Å²) in [7, 11) is 1.19. The summed E-state index contributed by atoms with van der Waals surface area (Å²) in [5.41, 5.74) is 1.09. The second kappa shape index (κ2) is 23.7. The van der Waals surface area contributed by atoms with Gasteiger partial charge < -0.3 is 39.4 Å². The van der Waals surface area contributed by atoms with Gasteiger partial charge in [0.05, 0.1) is 25.0 Å². The lowest BCUT2D eigenvalue weighted by atomic mass is 10.0. The number of alkyl carbamates (subject to hydrolysis) is 1. The third kappa shape index (κ3) is 13.8. The number of anilines is 2. The molecule has 5 rings (SSSR count). The van der Waals surface area contributed by atoms with Gasteiger partial charge in [-0.3, -0.25) is 14.5 Å². The number of hydrogen-bond donors (Lipinski definition) is 3. The molecule has 0 spiro atoms. The quantitative estimate of drug-likeness (QED) is 0.0238. The zero-order valence-electron chi connectivity index (χ0n) is 37.2. The number of ether oxygens (including phenoxy) is 5. The molecule has 0 saturated heterocycles. The number of amides is 3. The van der Waals surface area contributed by atoms with Gasteiger partial charge in [-0.15, -0.1) is 0 Å². The summed E-state index contributed by atoms with van der Waals surface area (Å²) in [5.74, 6) is -4.41. The van der Waals surface area contributed by atoms with E-state index in [0.717, 1.165) is 16.0 Å². The number of phenols is 1. The zero-order valence-corrected chi connectivity index (χ0v) is 37.2.